The van der Waals surface area contributed by atoms with Gasteiger partial charge < -0.3 is 14.4 Å². The topological polar surface area (TPSA) is 41.4 Å². The Kier molecular flexibility index (Phi) is 4.21. The number of hydrogen-bond acceptors (Lipinski definition) is 3. The lowest BCUT2D eigenvalue weighted by molar-refractivity contribution is 0.0734. The molecule has 0 N–H and O–H groups in total. The largest absolute Gasteiger partial charge is 0.363 e. The van der Waals surface area contributed by atoms with Crippen molar-refractivity contribution in [3.05, 3.63) is 77.7 Å². The van der Waals surface area contributed by atoms with Crippen LogP contribution >= 0.6 is 0 Å². The number of benzene rings is 1. The molecule has 0 saturated carbocycles. The number of pyridine rings is 1. The lowest BCUT2D eigenvalue weighted by Crippen LogP contribution is -2.36. The fourth-order valence-corrected chi connectivity index (χ4v) is 3.52. The van der Waals surface area contributed by atoms with Gasteiger partial charge in [-0.1, -0.05) is 6.07 Å². The van der Waals surface area contributed by atoms with Crippen molar-refractivity contribution in [1.29, 1.82) is 0 Å². The predicted octanol–water partition coefficient (Wildman–Crippen LogP) is 3.14. The van der Waals surface area contributed by atoms with E-state index in [0.717, 1.165) is 23.5 Å². The summed E-state index contributed by atoms with van der Waals surface area (Å²) in [4.78, 5) is 21.5. The van der Waals surface area contributed by atoms with Crippen LogP contribution in [0.15, 0.2) is 61.1 Å². The molecule has 2 aromatic heterocycles. The second-order valence-electron chi connectivity index (χ2n) is 6.78. The van der Waals surface area contributed by atoms with Crippen molar-refractivity contribution >= 4 is 11.7 Å². The van der Waals surface area contributed by atoms with Crippen molar-refractivity contribution in [3.63, 3.8) is 0 Å². The Bertz CT molecular complexity index is 931. The van der Waals surface area contributed by atoms with Gasteiger partial charge in [0.15, 0.2) is 0 Å². The summed E-state index contributed by atoms with van der Waals surface area (Å²) < 4.78 is 2.01. The molecule has 5 heteroatoms. The summed E-state index contributed by atoms with van der Waals surface area (Å²) in [6.07, 6.45) is 6.63. The SMILES string of the molecule is CN(C)c1nccc2c1CCN(C(=O)c1cccc(-n3cccc3)c1)C2. The highest BCUT2D eigenvalue weighted by molar-refractivity contribution is 5.95. The maximum atomic E-state index is 13.0. The van der Waals surface area contributed by atoms with Gasteiger partial charge in [-0.3, -0.25) is 4.79 Å². The standard InChI is InChI=1S/C21H22N4O/c1-23(2)20-19-9-13-25(15-17(19)8-10-22-20)21(26)16-6-5-7-18(14-16)24-11-3-4-12-24/h3-8,10-12,14H,9,13,15H2,1-2H3. The van der Waals surface area contributed by atoms with E-state index in [2.05, 4.69) is 4.98 Å². The van der Waals surface area contributed by atoms with Gasteiger partial charge in [0, 0.05) is 62.6 Å². The quantitative estimate of drug-likeness (QED) is 0.732. The normalized spacial score (nSPS) is 13.4. The van der Waals surface area contributed by atoms with E-state index in [-0.39, 0.29) is 5.91 Å². The molecule has 0 fully saturated rings. The predicted molar refractivity (Wildman–Crippen MR) is 103 cm³/mol. The summed E-state index contributed by atoms with van der Waals surface area (Å²) >= 11 is 0. The van der Waals surface area contributed by atoms with Crippen LogP contribution in [0.2, 0.25) is 0 Å². The molecule has 26 heavy (non-hydrogen) atoms. The van der Waals surface area contributed by atoms with Crippen LogP contribution in [0.4, 0.5) is 5.82 Å². The zero-order valence-electron chi connectivity index (χ0n) is 15.1. The lowest BCUT2D eigenvalue weighted by atomic mass is 10.00. The first kappa shape index (κ1) is 16.4. The van der Waals surface area contributed by atoms with E-state index in [1.165, 1.54) is 11.1 Å². The molecule has 132 valence electrons. The number of hydrogen-bond donors (Lipinski definition) is 0. The van der Waals surface area contributed by atoms with E-state index in [4.69, 9.17) is 0 Å². The minimum Gasteiger partial charge on any atom is -0.363 e. The monoisotopic (exact) mass is 346 g/mol. The molecule has 4 rings (SSSR count). The van der Waals surface area contributed by atoms with E-state index in [1.807, 2.05) is 89.5 Å². The number of amides is 1. The fraction of sp³-hybridized carbons (Fsp3) is 0.238. The Morgan fingerprint density at radius 1 is 1.12 bits per heavy atom. The Labute approximate surface area is 153 Å². The third kappa shape index (κ3) is 2.96. The molecule has 1 aliphatic heterocycles. The van der Waals surface area contributed by atoms with Crippen molar-refractivity contribution in [1.82, 2.24) is 14.5 Å². The molecule has 3 heterocycles. The number of carbonyl (C=O) groups is 1. The Morgan fingerprint density at radius 2 is 1.92 bits per heavy atom. The number of rotatable bonds is 3. The average Bonchev–Trinajstić information content (AvgIpc) is 3.21. The van der Waals surface area contributed by atoms with Gasteiger partial charge in [0.1, 0.15) is 5.82 Å². The van der Waals surface area contributed by atoms with Crippen LogP contribution in [-0.4, -0.2) is 41.0 Å². The molecule has 1 amide bonds. The summed E-state index contributed by atoms with van der Waals surface area (Å²) in [6.45, 7) is 1.34. The van der Waals surface area contributed by atoms with Crippen molar-refractivity contribution in [3.8, 4) is 5.69 Å². The second-order valence-corrected chi connectivity index (χ2v) is 6.78. The first-order valence-corrected chi connectivity index (χ1v) is 8.80. The van der Waals surface area contributed by atoms with Gasteiger partial charge in [-0.15, -0.1) is 0 Å². The highest BCUT2D eigenvalue weighted by Gasteiger charge is 2.24. The molecule has 0 atom stereocenters. The minimum absolute atomic E-state index is 0.0767. The summed E-state index contributed by atoms with van der Waals surface area (Å²) in [5.41, 5.74) is 4.16. The third-order valence-corrected chi connectivity index (χ3v) is 4.83. The molecule has 1 aliphatic rings. The maximum Gasteiger partial charge on any atom is 0.254 e. The molecular formula is C21H22N4O. The number of carbonyl (C=O) groups excluding carboxylic acids is 1. The van der Waals surface area contributed by atoms with Crippen molar-refractivity contribution in [2.75, 3.05) is 25.5 Å². The van der Waals surface area contributed by atoms with Gasteiger partial charge in [-0.05, 0) is 48.4 Å². The number of nitrogens with zero attached hydrogens (tertiary/aromatic N) is 4. The maximum absolute atomic E-state index is 13.0. The zero-order valence-corrected chi connectivity index (χ0v) is 15.1. The van der Waals surface area contributed by atoms with Gasteiger partial charge in [0.05, 0.1) is 0 Å². The van der Waals surface area contributed by atoms with E-state index < -0.39 is 0 Å². The summed E-state index contributed by atoms with van der Waals surface area (Å²) in [5.74, 6) is 1.08. The van der Waals surface area contributed by atoms with Crippen LogP contribution in [0.25, 0.3) is 5.69 Å². The molecule has 0 aliphatic carbocycles. The van der Waals surface area contributed by atoms with E-state index in [9.17, 15) is 4.79 Å². The molecule has 0 spiro atoms. The first-order valence-electron chi connectivity index (χ1n) is 8.80. The summed E-state index contributed by atoms with van der Waals surface area (Å²) in [7, 11) is 4.01. The van der Waals surface area contributed by atoms with E-state index in [0.29, 0.717) is 13.1 Å². The molecule has 0 saturated heterocycles. The Hall–Kier alpha value is -3.08. The highest BCUT2D eigenvalue weighted by atomic mass is 16.2. The number of fused-ring (bicyclic) bond motifs is 1. The Morgan fingerprint density at radius 3 is 2.69 bits per heavy atom. The van der Waals surface area contributed by atoms with Gasteiger partial charge in [0.25, 0.3) is 5.91 Å². The van der Waals surface area contributed by atoms with Crippen molar-refractivity contribution in [2.45, 2.75) is 13.0 Å². The smallest absolute Gasteiger partial charge is 0.254 e. The van der Waals surface area contributed by atoms with Gasteiger partial charge in [-0.25, -0.2) is 4.98 Å². The summed E-state index contributed by atoms with van der Waals surface area (Å²) in [5, 5.41) is 0. The number of anilines is 1. The van der Waals surface area contributed by atoms with Gasteiger partial charge >= 0.3 is 0 Å². The second kappa shape index (κ2) is 6.67. The molecule has 5 nitrogen and oxygen atoms in total. The van der Waals surface area contributed by atoms with Crippen LogP contribution in [0.1, 0.15) is 21.5 Å². The molecule has 0 bridgehead atoms. The first-order chi connectivity index (χ1) is 12.6. The fourth-order valence-electron chi connectivity index (χ4n) is 3.52. The molecule has 0 radical (unpaired) electrons. The average molecular weight is 346 g/mol. The van der Waals surface area contributed by atoms with Crippen LogP contribution in [0.5, 0.6) is 0 Å². The molecule has 0 unspecified atom stereocenters. The highest BCUT2D eigenvalue weighted by Crippen LogP contribution is 2.27. The number of aromatic nitrogens is 2. The minimum atomic E-state index is 0.0767. The zero-order chi connectivity index (χ0) is 18.1. The van der Waals surface area contributed by atoms with E-state index >= 15 is 0 Å². The molecule has 3 aromatic rings. The van der Waals surface area contributed by atoms with Crippen LogP contribution in [0, 0.1) is 0 Å². The van der Waals surface area contributed by atoms with Crippen LogP contribution in [-0.2, 0) is 13.0 Å². The molecule has 1 aromatic carbocycles. The Balaban J connectivity index is 1.59. The van der Waals surface area contributed by atoms with E-state index in [1.54, 1.807) is 0 Å². The van der Waals surface area contributed by atoms with Crippen LogP contribution in [0.3, 0.4) is 0 Å². The lowest BCUT2D eigenvalue weighted by Gasteiger charge is -2.31. The third-order valence-electron chi connectivity index (χ3n) is 4.83. The van der Waals surface area contributed by atoms with Crippen LogP contribution < -0.4 is 4.90 Å². The molecular weight excluding hydrogens is 324 g/mol. The van der Waals surface area contributed by atoms with Gasteiger partial charge in [-0.2, -0.15) is 0 Å². The summed E-state index contributed by atoms with van der Waals surface area (Å²) in [6, 6.07) is 13.8. The van der Waals surface area contributed by atoms with Crippen molar-refractivity contribution in [2.24, 2.45) is 0 Å². The van der Waals surface area contributed by atoms with Gasteiger partial charge in [0.2, 0.25) is 0 Å². The van der Waals surface area contributed by atoms with Crippen molar-refractivity contribution < 1.29 is 4.79 Å².